The molecule has 20 heteroatoms. The Hall–Kier alpha value is -4.84. The van der Waals surface area contributed by atoms with Crippen LogP contribution in [0.2, 0.25) is 0 Å². The van der Waals surface area contributed by atoms with Crippen molar-refractivity contribution in [3.05, 3.63) is 42.1 Å². The first-order chi connectivity index (χ1) is 27.2. The molecular weight excluding hydrogens is 767 g/mol. The number of rotatable bonds is 16. The van der Waals surface area contributed by atoms with Gasteiger partial charge in [-0.1, -0.05) is 43.7 Å². The Bertz CT molecular complexity index is 1790. The van der Waals surface area contributed by atoms with E-state index in [2.05, 4.69) is 15.6 Å². The molecule has 0 bridgehead atoms. The van der Waals surface area contributed by atoms with Crippen molar-refractivity contribution in [3.8, 4) is 11.4 Å². The third kappa shape index (κ3) is 11.0. The van der Waals surface area contributed by atoms with Gasteiger partial charge in [-0.15, -0.1) is 0 Å². The number of hydrogen-bond acceptors (Lipinski definition) is 17. The van der Waals surface area contributed by atoms with E-state index >= 15 is 0 Å². The zero-order valence-corrected chi connectivity index (χ0v) is 33.9. The predicted octanol–water partition coefficient (Wildman–Crippen LogP) is 4.29. The van der Waals surface area contributed by atoms with Gasteiger partial charge in [-0.2, -0.15) is 0 Å². The molecule has 3 aliphatic rings. The Morgan fingerprint density at radius 1 is 0.965 bits per heavy atom. The number of benzene rings is 1. The SMILES string of the molecule is CCCCOC(=O)N1CCNC(C(=O)[C@]2(NC(=O)c3cc(N4CC[C@H](OC)C4)nc(-c4ccccc4)n3)CP2(=O)OC(OC(=O)OC(C)C)OC(=O)OC(C)C)C1. The maximum Gasteiger partial charge on any atom is 0.513 e. The number of aromatic nitrogens is 2. The highest BCUT2D eigenvalue weighted by atomic mass is 31.2. The molecule has 0 saturated carbocycles. The number of carbonyl (C=O) groups excluding carboxylic acids is 5. The van der Waals surface area contributed by atoms with Crippen molar-refractivity contribution < 1.29 is 61.5 Å². The van der Waals surface area contributed by atoms with Crippen molar-refractivity contribution in [1.82, 2.24) is 25.5 Å². The van der Waals surface area contributed by atoms with Crippen LogP contribution in [0.3, 0.4) is 0 Å². The molecule has 0 aliphatic carbocycles. The molecule has 2 N–H and O–H groups in total. The molecule has 2 unspecified atom stereocenters. The van der Waals surface area contributed by atoms with Gasteiger partial charge >= 0.3 is 24.9 Å². The summed E-state index contributed by atoms with van der Waals surface area (Å²) in [5.74, 6) is -1.07. The molecule has 2 aromatic rings. The lowest BCUT2D eigenvalue weighted by Gasteiger charge is -2.34. The first-order valence-electron chi connectivity index (χ1n) is 18.9. The van der Waals surface area contributed by atoms with Crippen LogP contribution in [0.4, 0.5) is 20.2 Å². The number of methoxy groups -OCH3 is 1. The van der Waals surface area contributed by atoms with Crippen LogP contribution >= 0.6 is 7.37 Å². The van der Waals surface area contributed by atoms with Crippen molar-refractivity contribution in [3.63, 3.8) is 0 Å². The number of nitrogens with one attached hydrogen (secondary N) is 2. The molecule has 1 aromatic heterocycles. The summed E-state index contributed by atoms with van der Waals surface area (Å²) < 4.78 is 51.4. The summed E-state index contributed by atoms with van der Waals surface area (Å²) in [6.45, 7) is 7.25. The van der Waals surface area contributed by atoms with Gasteiger partial charge in [0.1, 0.15) is 11.5 Å². The van der Waals surface area contributed by atoms with Crippen LogP contribution < -0.4 is 15.5 Å². The lowest BCUT2D eigenvalue weighted by Crippen LogP contribution is -2.61. The van der Waals surface area contributed by atoms with Crippen molar-refractivity contribution >= 4 is 43.3 Å². The highest BCUT2D eigenvalue weighted by Crippen LogP contribution is 2.76. The van der Waals surface area contributed by atoms with E-state index in [1.54, 1.807) is 31.4 Å². The number of hydrogen-bond donors (Lipinski definition) is 2. The third-order valence-corrected chi connectivity index (χ3v) is 11.9. The van der Waals surface area contributed by atoms with Crippen LogP contribution in [-0.2, 0) is 42.3 Å². The molecule has 3 aliphatic heterocycles. The monoisotopic (exact) mass is 818 g/mol. The Kier molecular flexibility index (Phi) is 14.5. The minimum Gasteiger partial charge on any atom is -0.449 e. The number of piperazine rings is 1. The molecule has 0 radical (unpaired) electrons. The molecular formula is C37H51N6O13P. The topological polar surface area (TPSA) is 223 Å². The summed E-state index contributed by atoms with van der Waals surface area (Å²) >= 11 is 0. The third-order valence-electron chi connectivity index (χ3n) is 9.20. The summed E-state index contributed by atoms with van der Waals surface area (Å²) in [5.41, 5.74) is 0.450. The van der Waals surface area contributed by atoms with E-state index < -0.39 is 73.6 Å². The van der Waals surface area contributed by atoms with Gasteiger partial charge in [0, 0.05) is 51.5 Å². The van der Waals surface area contributed by atoms with Gasteiger partial charge in [0.15, 0.2) is 16.9 Å². The molecule has 19 nitrogen and oxygen atoms in total. The molecule has 1 aromatic carbocycles. The van der Waals surface area contributed by atoms with Crippen molar-refractivity contribution in [1.29, 1.82) is 0 Å². The number of ether oxygens (including phenoxy) is 6. The smallest absolute Gasteiger partial charge is 0.449 e. The highest BCUT2D eigenvalue weighted by molar-refractivity contribution is 7.70. The van der Waals surface area contributed by atoms with E-state index in [9.17, 15) is 28.5 Å². The van der Waals surface area contributed by atoms with Crippen LogP contribution in [0.15, 0.2) is 36.4 Å². The normalized spacial score (nSPS) is 23.0. The summed E-state index contributed by atoms with van der Waals surface area (Å²) in [5, 5.41) is 3.39. The van der Waals surface area contributed by atoms with Crippen LogP contribution in [-0.4, -0.2) is 134 Å². The number of amides is 2. The Morgan fingerprint density at radius 2 is 1.65 bits per heavy atom. The quantitative estimate of drug-likeness (QED) is 0.0792. The van der Waals surface area contributed by atoms with Crippen molar-refractivity contribution in [2.75, 3.05) is 57.5 Å². The number of anilines is 1. The lowest BCUT2D eigenvalue weighted by atomic mass is 10.0. The Balaban J connectivity index is 1.49. The van der Waals surface area contributed by atoms with E-state index in [4.69, 9.17) is 37.9 Å². The fraction of sp³-hybridized carbons (Fsp3) is 0.595. The first-order valence-corrected chi connectivity index (χ1v) is 20.7. The van der Waals surface area contributed by atoms with Gasteiger partial charge in [0.2, 0.25) is 7.37 Å². The molecule has 3 saturated heterocycles. The van der Waals surface area contributed by atoms with Crippen LogP contribution in [0, 0.1) is 0 Å². The zero-order chi connectivity index (χ0) is 41.3. The zero-order valence-electron chi connectivity index (χ0n) is 33.0. The summed E-state index contributed by atoms with van der Waals surface area (Å²) in [6, 6.07) is 9.26. The number of nitrogens with zero attached hydrogens (tertiary/aromatic N) is 4. The molecule has 5 rings (SSSR count). The second kappa shape index (κ2) is 19.1. The average Bonchev–Trinajstić information content (AvgIpc) is 3.47. The summed E-state index contributed by atoms with van der Waals surface area (Å²) in [7, 11) is -2.85. The van der Waals surface area contributed by atoms with Crippen LogP contribution in [0.25, 0.3) is 11.4 Å². The number of unbranched alkanes of at least 4 members (excludes halogenated alkanes) is 1. The van der Waals surface area contributed by atoms with Gasteiger partial charge in [-0.05, 0) is 40.5 Å². The summed E-state index contributed by atoms with van der Waals surface area (Å²) in [4.78, 5) is 79.5. The first kappa shape index (κ1) is 43.3. The van der Waals surface area contributed by atoms with Crippen molar-refractivity contribution in [2.24, 2.45) is 0 Å². The predicted molar refractivity (Wildman–Crippen MR) is 203 cm³/mol. The fourth-order valence-corrected chi connectivity index (χ4v) is 8.71. The van der Waals surface area contributed by atoms with E-state index in [1.165, 1.54) is 38.7 Å². The molecule has 57 heavy (non-hydrogen) atoms. The second-order valence-electron chi connectivity index (χ2n) is 14.3. The number of ketones is 1. The van der Waals surface area contributed by atoms with Gasteiger partial charge in [-0.3, -0.25) is 14.2 Å². The highest BCUT2D eigenvalue weighted by Gasteiger charge is 2.75. The van der Waals surface area contributed by atoms with Crippen molar-refractivity contribution in [2.45, 2.75) is 90.0 Å². The van der Waals surface area contributed by atoms with E-state index in [1.807, 2.05) is 17.9 Å². The standard InChI is InChI=1S/C37H51N6O13P/c1-7-8-18-51-33(46)43-17-15-38-28(21-43)30(44)37(22-57(37,49)56-36(54-34(47)52-23(2)3)55-35(48)53-24(4)5)41-32(45)27-19-29(42-16-14-26(20-42)50-6)40-31(39-27)25-12-10-9-11-13-25/h9-13,19,23-24,26,28,36,38H,7-8,14-18,20-22H2,1-6H3,(H,41,45)/t26-,28?,37-,57?/m0/s1. The van der Waals surface area contributed by atoms with Crippen LogP contribution in [0.5, 0.6) is 0 Å². The molecule has 2 amide bonds. The molecule has 0 spiro atoms. The Morgan fingerprint density at radius 3 is 2.26 bits per heavy atom. The minimum absolute atomic E-state index is 0.0627. The van der Waals surface area contributed by atoms with Gasteiger partial charge in [0.25, 0.3) is 5.91 Å². The largest absolute Gasteiger partial charge is 0.513 e. The maximum absolute atomic E-state index is 14.8. The van der Waals surface area contributed by atoms with E-state index in [-0.39, 0.29) is 43.9 Å². The van der Waals surface area contributed by atoms with Gasteiger partial charge in [0.05, 0.1) is 37.1 Å². The fourth-order valence-electron chi connectivity index (χ4n) is 6.21. The second-order valence-corrected chi connectivity index (χ2v) is 16.9. The van der Waals surface area contributed by atoms with Gasteiger partial charge < -0.3 is 48.9 Å². The summed E-state index contributed by atoms with van der Waals surface area (Å²) in [6.07, 6.45) is -3.12. The molecule has 4 heterocycles. The maximum atomic E-state index is 14.8. The minimum atomic E-state index is -4.46. The average molecular weight is 819 g/mol. The molecule has 4 atom stereocenters. The van der Waals surface area contributed by atoms with Crippen LogP contribution in [0.1, 0.15) is 64.4 Å². The van der Waals surface area contributed by atoms with Gasteiger partial charge in [-0.25, -0.2) is 28.9 Å². The number of carbonyl (C=O) groups is 5. The van der Waals surface area contributed by atoms with E-state index in [0.717, 1.165) is 12.8 Å². The van der Waals surface area contributed by atoms with E-state index in [0.29, 0.717) is 30.9 Å². The Labute approximate surface area is 330 Å². The molecule has 3 fully saturated rings. The lowest BCUT2D eigenvalue weighted by molar-refractivity contribution is -0.204. The number of Topliss-reactive ketones (excluding diaryl/α,β-unsaturated/α-hetero) is 1. The molecule has 312 valence electrons.